The van der Waals surface area contributed by atoms with Crippen molar-refractivity contribution in [1.29, 1.82) is 0 Å². The van der Waals surface area contributed by atoms with Crippen LogP contribution in [-0.4, -0.2) is 23.0 Å². The number of aromatic nitrogens is 1. The molecule has 0 saturated heterocycles. The number of hydrogen-bond acceptors (Lipinski definition) is 5. The summed E-state index contributed by atoms with van der Waals surface area (Å²) >= 11 is 0. The molecule has 2 atom stereocenters. The lowest BCUT2D eigenvalue weighted by atomic mass is 9.98. The van der Waals surface area contributed by atoms with Gasteiger partial charge in [0.2, 0.25) is 5.91 Å². The number of nitrogens with zero attached hydrogens (tertiary/aromatic N) is 1. The molecule has 0 unspecified atom stereocenters. The van der Waals surface area contributed by atoms with Crippen LogP contribution in [0.25, 0.3) is 11.1 Å². The molecule has 3 aromatic rings. The molecule has 0 aliphatic heterocycles. The van der Waals surface area contributed by atoms with Crippen molar-refractivity contribution in [2.75, 3.05) is 5.32 Å². The van der Waals surface area contributed by atoms with Gasteiger partial charge >= 0.3 is 6.09 Å². The Morgan fingerprint density at radius 3 is 2.66 bits per heavy atom. The second-order valence-corrected chi connectivity index (χ2v) is 6.97. The molecule has 2 N–H and O–H groups in total. The zero-order valence-electron chi connectivity index (χ0n) is 16.8. The summed E-state index contributed by atoms with van der Waals surface area (Å²) in [5, 5.41) is 5.54. The van der Waals surface area contributed by atoms with Crippen LogP contribution in [0.15, 0.2) is 52.9 Å². The Morgan fingerprint density at radius 1 is 1.17 bits per heavy atom. The smallest absolute Gasteiger partial charge is 0.408 e. The van der Waals surface area contributed by atoms with Crippen LogP contribution in [0.5, 0.6) is 0 Å². The van der Waals surface area contributed by atoms with E-state index in [2.05, 4.69) is 15.6 Å². The molecule has 0 radical (unpaired) electrons. The Balaban J connectivity index is 1.64. The number of amides is 2. The summed E-state index contributed by atoms with van der Waals surface area (Å²) in [6, 6.07) is 13.9. The number of rotatable bonds is 7. The van der Waals surface area contributed by atoms with Crippen molar-refractivity contribution in [1.82, 2.24) is 10.3 Å². The highest BCUT2D eigenvalue weighted by atomic mass is 16.5. The molecular formula is C22H25N3O4. The Morgan fingerprint density at radius 2 is 1.93 bits per heavy atom. The van der Waals surface area contributed by atoms with E-state index in [0.717, 1.165) is 12.0 Å². The molecule has 0 fully saturated rings. The first-order valence-electron chi connectivity index (χ1n) is 9.61. The number of aryl methyl sites for hydroxylation is 1. The van der Waals surface area contributed by atoms with Gasteiger partial charge in [-0.15, -0.1) is 0 Å². The standard InChI is InChI=1S/C22H25N3O4/c1-4-14(2)20(25-22(27)28-13-16-8-6-5-7-9-16)21(26)24-17-10-11-19-18(12-17)23-15(3)29-19/h5-12,14,20H,4,13H2,1-3H3,(H,24,26)(H,25,27)/t14-,20-/m0/s1. The number of alkyl carbamates (subject to hydrolysis) is 1. The highest BCUT2D eigenvalue weighted by molar-refractivity contribution is 5.98. The fourth-order valence-electron chi connectivity index (χ4n) is 2.93. The first-order chi connectivity index (χ1) is 14.0. The number of oxazole rings is 1. The topological polar surface area (TPSA) is 93.5 Å². The predicted octanol–water partition coefficient (Wildman–Crippen LogP) is 4.42. The molecule has 3 rings (SSSR count). The van der Waals surface area contributed by atoms with Gasteiger partial charge in [0.05, 0.1) is 0 Å². The maximum absolute atomic E-state index is 12.8. The molecule has 1 aromatic heterocycles. The Labute approximate surface area is 169 Å². The second kappa shape index (κ2) is 9.23. The second-order valence-electron chi connectivity index (χ2n) is 6.97. The van der Waals surface area contributed by atoms with Crippen LogP contribution >= 0.6 is 0 Å². The zero-order chi connectivity index (χ0) is 20.8. The summed E-state index contributed by atoms with van der Waals surface area (Å²) in [6.07, 6.45) is 0.0929. The van der Waals surface area contributed by atoms with Crippen LogP contribution in [0.2, 0.25) is 0 Å². The first-order valence-corrected chi connectivity index (χ1v) is 9.61. The van der Waals surface area contributed by atoms with E-state index < -0.39 is 12.1 Å². The summed E-state index contributed by atoms with van der Waals surface area (Å²) in [5.74, 6) is 0.177. The fourth-order valence-corrected chi connectivity index (χ4v) is 2.93. The quantitative estimate of drug-likeness (QED) is 0.618. The lowest BCUT2D eigenvalue weighted by Crippen LogP contribution is -2.47. The average Bonchev–Trinajstić information content (AvgIpc) is 3.09. The van der Waals surface area contributed by atoms with Crippen molar-refractivity contribution in [2.45, 2.75) is 39.8 Å². The maximum atomic E-state index is 12.8. The molecule has 0 saturated carbocycles. The maximum Gasteiger partial charge on any atom is 0.408 e. The number of benzene rings is 2. The Hall–Kier alpha value is -3.35. The first kappa shape index (κ1) is 20.4. The van der Waals surface area contributed by atoms with Crippen LogP contribution in [-0.2, 0) is 16.1 Å². The van der Waals surface area contributed by atoms with Gasteiger partial charge in [-0.25, -0.2) is 9.78 Å². The van der Waals surface area contributed by atoms with Gasteiger partial charge in [-0.1, -0.05) is 50.6 Å². The van der Waals surface area contributed by atoms with Crippen LogP contribution in [0.3, 0.4) is 0 Å². The molecule has 0 spiro atoms. The number of hydrogen-bond donors (Lipinski definition) is 2. The summed E-state index contributed by atoms with van der Waals surface area (Å²) in [6.45, 7) is 5.78. The zero-order valence-corrected chi connectivity index (χ0v) is 16.8. The van der Waals surface area contributed by atoms with Crippen molar-refractivity contribution >= 4 is 28.8 Å². The van der Waals surface area contributed by atoms with E-state index in [4.69, 9.17) is 9.15 Å². The van der Waals surface area contributed by atoms with Crippen molar-refractivity contribution in [3.63, 3.8) is 0 Å². The lowest BCUT2D eigenvalue weighted by molar-refractivity contribution is -0.119. The highest BCUT2D eigenvalue weighted by Crippen LogP contribution is 2.20. The number of anilines is 1. The van der Waals surface area contributed by atoms with Gasteiger partial charge in [0.1, 0.15) is 18.2 Å². The van der Waals surface area contributed by atoms with E-state index in [1.807, 2.05) is 44.2 Å². The molecule has 0 aliphatic carbocycles. The molecule has 7 nitrogen and oxygen atoms in total. The van der Waals surface area contributed by atoms with Gasteiger partial charge in [0.25, 0.3) is 0 Å². The van der Waals surface area contributed by atoms with E-state index in [-0.39, 0.29) is 18.4 Å². The number of carbonyl (C=O) groups is 2. The van der Waals surface area contributed by atoms with Crippen LogP contribution < -0.4 is 10.6 Å². The van der Waals surface area contributed by atoms with E-state index in [9.17, 15) is 9.59 Å². The molecule has 2 aromatic carbocycles. The number of nitrogens with one attached hydrogen (secondary N) is 2. The molecule has 2 amide bonds. The monoisotopic (exact) mass is 395 g/mol. The minimum atomic E-state index is -0.724. The summed E-state index contributed by atoms with van der Waals surface area (Å²) in [5.41, 5.74) is 2.78. The third kappa shape index (κ3) is 5.34. The van der Waals surface area contributed by atoms with Gasteiger partial charge in [-0.2, -0.15) is 0 Å². The number of carbonyl (C=O) groups excluding carboxylic acids is 2. The van der Waals surface area contributed by atoms with Crippen molar-refractivity contribution < 1.29 is 18.7 Å². The lowest BCUT2D eigenvalue weighted by Gasteiger charge is -2.23. The summed E-state index contributed by atoms with van der Waals surface area (Å²) in [4.78, 5) is 29.4. The molecule has 7 heteroatoms. The highest BCUT2D eigenvalue weighted by Gasteiger charge is 2.26. The van der Waals surface area contributed by atoms with Crippen molar-refractivity contribution in [2.24, 2.45) is 5.92 Å². The van der Waals surface area contributed by atoms with Crippen molar-refractivity contribution in [3.05, 3.63) is 60.0 Å². The van der Waals surface area contributed by atoms with E-state index in [1.54, 1.807) is 25.1 Å². The van der Waals surface area contributed by atoms with Crippen LogP contribution in [0.1, 0.15) is 31.7 Å². The van der Waals surface area contributed by atoms with Gasteiger partial charge in [0.15, 0.2) is 11.5 Å². The minimum absolute atomic E-state index is 0.0719. The SMILES string of the molecule is CC[C@H](C)[C@H](NC(=O)OCc1ccccc1)C(=O)Nc1ccc2oc(C)nc2c1. The largest absolute Gasteiger partial charge is 0.445 e. The summed E-state index contributed by atoms with van der Waals surface area (Å²) in [7, 11) is 0. The molecular weight excluding hydrogens is 370 g/mol. The molecule has 0 bridgehead atoms. The van der Waals surface area contributed by atoms with Gasteiger partial charge in [-0.3, -0.25) is 4.79 Å². The summed E-state index contributed by atoms with van der Waals surface area (Å²) < 4.78 is 10.7. The predicted molar refractivity (Wildman–Crippen MR) is 110 cm³/mol. The third-order valence-electron chi connectivity index (χ3n) is 4.74. The van der Waals surface area contributed by atoms with Crippen LogP contribution in [0, 0.1) is 12.8 Å². The fraction of sp³-hybridized carbons (Fsp3) is 0.318. The molecule has 29 heavy (non-hydrogen) atoms. The van der Waals surface area contributed by atoms with E-state index >= 15 is 0 Å². The molecule has 152 valence electrons. The Bertz CT molecular complexity index is 984. The third-order valence-corrected chi connectivity index (χ3v) is 4.74. The van der Waals surface area contributed by atoms with Gasteiger partial charge < -0.3 is 19.8 Å². The average molecular weight is 395 g/mol. The van der Waals surface area contributed by atoms with Gasteiger partial charge in [0, 0.05) is 12.6 Å². The number of ether oxygens (including phenoxy) is 1. The van der Waals surface area contributed by atoms with Gasteiger partial charge in [-0.05, 0) is 29.7 Å². The van der Waals surface area contributed by atoms with E-state index in [1.165, 1.54) is 0 Å². The number of fused-ring (bicyclic) bond motifs is 1. The normalized spacial score (nSPS) is 12.9. The minimum Gasteiger partial charge on any atom is -0.445 e. The Kier molecular flexibility index (Phi) is 6.49. The van der Waals surface area contributed by atoms with E-state index in [0.29, 0.717) is 22.7 Å². The van der Waals surface area contributed by atoms with Crippen molar-refractivity contribution in [3.8, 4) is 0 Å². The molecule has 0 aliphatic rings. The molecule has 1 heterocycles. The van der Waals surface area contributed by atoms with Crippen LogP contribution in [0.4, 0.5) is 10.5 Å².